The van der Waals surface area contributed by atoms with Crippen LogP contribution in [0.25, 0.3) is 0 Å². The summed E-state index contributed by atoms with van der Waals surface area (Å²) >= 11 is 0. The van der Waals surface area contributed by atoms with Crippen molar-refractivity contribution in [2.45, 2.75) is 50.7 Å². The van der Waals surface area contributed by atoms with Crippen molar-refractivity contribution in [1.82, 2.24) is 5.32 Å². The molecule has 2 aliphatic carbocycles. The van der Waals surface area contributed by atoms with Crippen LogP contribution in [0.5, 0.6) is 0 Å². The van der Waals surface area contributed by atoms with Crippen LogP contribution in [-0.4, -0.2) is 24.8 Å². The molecule has 4 heteroatoms. The minimum absolute atomic E-state index is 0.0440. The average Bonchev–Trinajstić information content (AvgIpc) is 3.02. The Balaban J connectivity index is 1.76. The molecule has 2 aliphatic rings. The van der Waals surface area contributed by atoms with Crippen molar-refractivity contribution in [1.29, 1.82) is 0 Å². The van der Waals surface area contributed by atoms with Gasteiger partial charge in [0.25, 0.3) is 0 Å². The minimum atomic E-state index is -0.247. The Labute approximate surface area is 90.5 Å². The Kier molecular flexibility index (Phi) is 3.46. The predicted molar refractivity (Wildman–Crippen MR) is 57.4 cm³/mol. The van der Waals surface area contributed by atoms with E-state index < -0.39 is 0 Å². The average molecular weight is 212 g/mol. The molecule has 86 valence electrons. The summed E-state index contributed by atoms with van der Waals surface area (Å²) in [6, 6.07) is 0.373. The number of amides is 1. The third kappa shape index (κ3) is 3.09. The summed E-state index contributed by atoms with van der Waals surface area (Å²) in [7, 11) is 0. The lowest BCUT2D eigenvalue weighted by Gasteiger charge is -2.30. The van der Waals surface area contributed by atoms with Crippen LogP contribution in [0.15, 0.2) is 0 Å². The molecule has 0 heterocycles. The van der Waals surface area contributed by atoms with Crippen molar-refractivity contribution < 1.29 is 9.53 Å². The van der Waals surface area contributed by atoms with Crippen LogP contribution in [0.3, 0.4) is 0 Å². The monoisotopic (exact) mass is 212 g/mol. The van der Waals surface area contributed by atoms with Gasteiger partial charge in [0.2, 0.25) is 0 Å². The number of nitrogens with one attached hydrogen (secondary N) is 1. The van der Waals surface area contributed by atoms with E-state index in [1.54, 1.807) is 0 Å². The minimum Gasteiger partial charge on any atom is -0.446 e. The first-order valence-corrected chi connectivity index (χ1v) is 5.97. The maximum atomic E-state index is 11.4. The highest BCUT2D eigenvalue weighted by molar-refractivity contribution is 5.68. The quantitative estimate of drug-likeness (QED) is 0.743. The second-order valence-electron chi connectivity index (χ2n) is 4.64. The number of hydrogen-bond acceptors (Lipinski definition) is 3. The second-order valence-corrected chi connectivity index (χ2v) is 4.64. The van der Waals surface area contributed by atoms with Gasteiger partial charge in [-0.3, -0.25) is 0 Å². The standard InChI is InChI=1S/C11H20N2O2/c12-7-8-3-1-2-4-10(8)15-11(14)13-9-5-6-9/h8-10H,1-7,12H2,(H,13,14). The van der Waals surface area contributed by atoms with Crippen LogP contribution in [0, 0.1) is 5.92 Å². The van der Waals surface area contributed by atoms with E-state index in [0.717, 1.165) is 32.1 Å². The van der Waals surface area contributed by atoms with Gasteiger partial charge in [0.15, 0.2) is 0 Å². The summed E-state index contributed by atoms with van der Waals surface area (Å²) in [5.74, 6) is 0.365. The van der Waals surface area contributed by atoms with Crippen molar-refractivity contribution in [3.8, 4) is 0 Å². The number of nitrogens with two attached hydrogens (primary N) is 1. The molecule has 1 amide bonds. The summed E-state index contributed by atoms with van der Waals surface area (Å²) in [5.41, 5.74) is 5.67. The Bertz CT molecular complexity index is 229. The van der Waals surface area contributed by atoms with Gasteiger partial charge in [0, 0.05) is 12.0 Å². The van der Waals surface area contributed by atoms with Gasteiger partial charge >= 0.3 is 6.09 Å². The molecule has 0 aliphatic heterocycles. The van der Waals surface area contributed by atoms with Gasteiger partial charge in [-0.15, -0.1) is 0 Å². The zero-order valence-electron chi connectivity index (χ0n) is 9.08. The number of carbonyl (C=O) groups excluding carboxylic acids is 1. The van der Waals surface area contributed by atoms with Crippen molar-refractivity contribution in [3.63, 3.8) is 0 Å². The van der Waals surface area contributed by atoms with Crippen molar-refractivity contribution >= 4 is 6.09 Å². The molecule has 0 aromatic rings. The Morgan fingerprint density at radius 3 is 2.67 bits per heavy atom. The molecule has 0 aromatic carbocycles. The molecule has 2 rings (SSSR count). The van der Waals surface area contributed by atoms with Crippen molar-refractivity contribution in [3.05, 3.63) is 0 Å². The van der Waals surface area contributed by atoms with Gasteiger partial charge in [-0.2, -0.15) is 0 Å². The van der Waals surface area contributed by atoms with E-state index in [1.165, 1.54) is 6.42 Å². The number of alkyl carbamates (subject to hydrolysis) is 1. The van der Waals surface area contributed by atoms with Crippen molar-refractivity contribution in [2.24, 2.45) is 11.7 Å². The third-order valence-electron chi connectivity index (χ3n) is 3.30. The van der Waals surface area contributed by atoms with E-state index in [-0.39, 0.29) is 12.2 Å². The normalized spacial score (nSPS) is 31.0. The van der Waals surface area contributed by atoms with Crippen molar-refractivity contribution in [2.75, 3.05) is 6.54 Å². The fourth-order valence-electron chi connectivity index (χ4n) is 2.16. The Hall–Kier alpha value is -0.770. The molecule has 2 fully saturated rings. The highest BCUT2D eigenvalue weighted by atomic mass is 16.6. The molecular weight excluding hydrogens is 192 g/mol. The van der Waals surface area contributed by atoms with Gasteiger partial charge < -0.3 is 15.8 Å². The summed E-state index contributed by atoms with van der Waals surface area (Å²) < 4.78 is 5.42. The van der Waals surface area contributed by atoms with E-state index in [1.807, 2.05) is 0 Å². The first-order chi connectivity index (χ1) is 7.29. The van der Waals surface area contributed by atoms with Crippen LogP contribution in [-0.2, 0) is 4.74 Å². The molecule has 2 atom stereocenters. The van der Waals surface area contributed by atoms with Gasteiger partial charge in [-0.1, -0.05) is 6.42 Å². The van der Waals surface area contributed by atoms with Gasteiger partial charge in [0.05, 0.1) is 0 Å². The molecule has 3 N–H and O–H groups in total. The lowest BCUT2D eigenvalue weighted by atomic mass is 9.86. The maximum Gasteiger partial charge on any atom is 0.407 e. The topological polar surface area (TPSA) is 64.3 Å². The summed E-state index contributed by atoms with van der Waals surface area (Å²) in [6.45, 7) is 0.626. The fraction of sp³-hybridized carbons (Fsp3) is 0.909. The number of hydrogen-bond donors (Lipinski definition) is 2. The SMILES string of the molecule is NCC1CCCCC1OC(=O)NC1CC1. The van der Waals surface area contributed by atoms with Crippen LogP contribution >= 0.6 is 0 Å². The Morgan fingerprint density at radius 2 is 2.00 bits per heavy atom. The van der Waals surface area contributed by atoms with Crippen LogP contribution in [0.4, 0.5) is 4.79 Å². The molecule has 0 aromatic heterocycles. The molecule has 0 spiro atoms. The largest absolute Gasteiger partial charge is 0.446 e. The zero-order valence-corrected chi connectivity index (χ0v) is 9.08. The predicted octanol–water partition coefficient (Wildman–Crippen LogP) is 1.39. The van der Waals surface area contributed by atoms with E-state index >= 15 is 0 Å². The summed E-state index contributed by atoms with van der Waals surface area (Å²) in [4.78, 5) is 11.4. The lowest BCUT2D eigenvalue weighted by molar-refractivity contribution is 0.0400. The number of rotatable bonds is 3. The maximum absolute atomic E-state index is 11.4. The molecule has 2 saturated carbocycles. The van der Waals surface area contributed by atoms with E-state index in [2.05, 4.69) is 5.32 Å². The molecule has 2 unspecified atom stereocenters. The van der Waals surface area contributed by atoms with Crippen LogP contribution in [0.1, 0.15) is 38.5 Å². The third-order valence-corrected chi connectivity index (χ3v) is 3.30. The number of ether oxygens (including phenoxy) is 1. The highest BCUT2D eigenvalue weighted by Crippen LogP contribution is 2.26. The lowest BCUT2D eigenvalue weighted by Crippen LogP contribution is -2.38. The second kappa shape index (κ2) is 4.84. The summed E-state index contributed by atoms with van der Waals surface area (Å²) in [6.07, 6.45) is 6.42. The van der Waals surface area contributed by atoms with Gasteiger partial charge in [-0.25, -0.2) is 4.79 Å². The fourth-order valence-corrected chi connectivity index (χ4v) is 2.16. The molecule has 15 heavy (non-hydrogen) atoms. The molecule has 4 nitrogen and oxygen atoms in total. The van der Waals surface area contributed by atoms with Crippen LogP contribution in [0.2, 0.25) is 0 Å². The molecule has 0 saturated heterocycles. The van der Waals surface area contributed by atoms with E-state index in [9.17, 15) is 4.79 Å². The molecular formula is C11H20N2O2. The van der Waals surface area contributed by atoms with E-state index in [0.29, 0.717) is 18.5 Å². The number of carbonyl (C=O) groups is 1. The molecule has 0 bridgehead atoms. The molecule has 0 radical (unpaired) electrons. The Morgan fingerprint density at radius 1 is 1.27 bits per heavy atom. The van der Waals surface area contributed by atoms with Gasteiger partial charge in [0.1, 0.15) is 6.10 Å². The van der Waals surface area contributed by atoms with E-state index in [4.69, 9.17) is 10.5 Å². The van der Waals surface area contributed by atoms with Crippen LogP contribution < -0.4 is 11.1 Å². The first-order valence-electron chi connectivity index (χ1n) is 5.97. The zero-order chi connectivity index (χ0) is 10.7. The summed E-state index contributed by atoms with van der Waals surface area (Å²) in [5, 5.41) is 2.84. The highest BCUT2D eigenvalue weighted by Gasteiger charge is 2.29. The smallest absolute Gasteiger partial charge is 0.407 e. The first kappa shape index (κ1) is 10.7. The van der Waals surface area contributed by atoms with Gasteiger partial charge in [-0.05, 0) is 38.6 Å².